The van der Waals surface area contributed by atoms with Crippen molar-refractivity contribution in [1.29, 1.82) is 0 Å². The van der Waals surface area contributed by atoms with Crippen molar-refractivity contribution < 1.29 is 24.1 Å². The Morgan fingerprint density at radius 2 is 1.96 bits per heavy atom. The number of aliphatic hydroxyl groups excluding tert-OH is 1. The third kappa shape index (κ3) is 3.29. The highest BCUT2D eigenvalue weighted by atomic mass is 16.7. The lowest BCUT2D eigenvalue weighted by molar-refractivity contribution is -0.382. The lowest BCUT2D eigenvalue weighted by Gasteiger charge is -2.38. The van der Waals surface area contributed by atoms with E-state index in [0.717, 1.165) is 5.69 Å². The fourth-order valence-electron chi connectivity index (χ4n) is 3.65. The minimum Gasteiger partial charge on any atom is -0.396 e. The van der Waals surface area contributed by atoms with Crippen molar-refractivity contribution in [2.24, 2.45) is 0 Å². The van der Waals surface area contributed by atoms with Crippen LogP contribution in [0.15, 0.2) is 10.7 Å². The maximum Gasteiger partial charge on any atom is 0.323 e. The Hall–Kier alpha value is -2.50. The number of nitrogens with zero attached hydrogens (tertiary/aromatic N) is 4. The Morgan fingerprint density at radius 3 is 2.63 bits per heavy atom. The molecule has 1 aromatic heterocycles. The first kappa shape index (κ1) is 17.9. The zero-order valence-electron chi connectivity index (χ0n) is 14.7. The zero-order valence-corrected chi connectivity index (χ0v) is 14.7. The topological polar surface area (TPSA) is 136 Å². The van der Waals surface area contributed by atoms with Crippen LogP contribution in [-0.4, -0.2) is 65.6 Å². The van der Waals surface area contributed by atoms with Crippen LogP contribution in [0.25, 0.3) is 11.0 Å². The fourth-order valence-corrected chi connectivity index (χ4v) is 3.65. The van der Waals surface area contributed by atoms with Crippen LogP contribution in [0.5, 0.6) is 0 Å². The number of nitro groups is 1. The molecule has 11 nitrogen and oxygen atoms in total. The molecular formula is C16H21N5O6. The molecule has 0 atom stereocenters. The van der Waals surface area contributed by atoms with Crippen molar-refractivity contribution in [3.63, 3.8) is 0 Å². The Bertz CT molecular complexity index is 824. The van der Waals surface area contributed by atoms with E-state index in [1.807, 2.05) is 0 Å². The van der Waals surface area contributed by atoms with Crippen molar-refractivity contribution in [3.05, 3.63) is 16.2 Å². The number of ether oxygens (including phenoxy) is 2. The van der Waals surface area contributed by atoms with Gasteiger partial charge in [0.25, 0.3) is 0 Å². The van der Waals surface area contributed by atoms with Gasteiger partial charge in [0.15, 0.2) is 11.3 Å². The van der Waals surface area contributed by atoms with Gasteiger partial charge in [0.1, 0.15) is 5.69 Å². The van der Waals surface area contributed by atoms with Gasteiger partial charge in [-0.2, -0.15) is 0 Å². The van der Waals surface area contributed by atoms with Gasteiger partial charge in [0.2, 0.25) is 5.52 Å². The maximum absolute atomic E-state index is 11.6. The molecule has 0 amide bonds. The van der Waals surface area contributed by atoms with Crippen LogP contribution >= 0.6 is 0 Å². The summed E-state index contributed by atoms with van der Waals surface area (Å²) >= 11 is 0. The van der Waals surface area contributed by atoms with E-state index in [9.17, 15) is 10.1 Å². The fraction of sp³-hybridized carbons (Fsp3) is 0.625. The maximum atomic E-state index is 11.6. The first-order chi connectivity index (χ1) is 13.1. The predicted octanol–water partition coefficient (Wildman–Crippen LogP) is 1.27. The number of benzene rings is 1. The summed E-state index contributed by atoms with van der Waals surface area (Å²) in [7, 11) is 0. The second-order valence-corrected chi connectivity index (χ2v) is 6.61. The minimum absolute atomic E-state index is 0.00434. The van der Waals surface area contributed by atoms with Crippen molar-refractivity contribution in [2.75, 3.05) is 49.7 Å². The van der Waals surface area contributed by atoms with Crippen LogP contribution in [0.4, 0.5) is 17.1 Å². The highest BCUT2D eigenvalue weighted by Crippen LogP contribution is 2.41. The number of aliphatic hydroxyl groups is 1. The second-order valence-electron chi connectivity index (χ2n) is 6.61. The highest BCUT2D eigenvalue weighted by Gasteiger charge is 2.40. The van der Waals surface area contributed by atoms with Crippen molar-refractivity contribution >= 4 is 28.1 Å². The van der Waals surface area contributed by atoms with E-state index in [1.165, 1.54) is 0 Å². The van der Waals surface area contributed by atoms with Crippen molar-refractivity contribution in [1.82, 2.24) is 10.3 Å². The zero-order chi connectivity index (χ0) is 18.9. The molecule has 2 aliphatic heterocycles. The molecule has 27 heavy (non-hydrogen) atoms. The molecule has 2 aliphatic rings. The summed E-state index contributed by atoms with van der Waals surface area (Å²) < 4.78 is 16.3. The van der Waals surface area contributed by atoms with E-state index >= 15 is 0 Å². The van der Waals surface area contributed by atoms with Crippen LogP contribution in [0.2, 0.25) is 0 Å². The van der Waals surface area contributed by atoms with Gasteiger partial charge in [-0.25, -0.2) is 4.63 Å². The van der Waals surface area contributed by atoms with Gasteiger partial charge in [0.05, 0.1) is 23.8 Å². The standard InChI is InChI=1S/C16H21N5O6/c22-7-1-4-17-11-10-12(13-14(19-27-18-13)15(11)21(23)24)20-5-2-16(3-6-20)25-8-9-26-16/h10,17,22H,1-9H2. The van der Waals surface area contributed by atoms with Gasteiger partial charge < -0.3 is 24.8 Å². The normalized spacial score (nSPS) is 19.1. The molecule has 2 saturated heterocycles. The third-order valence-corrected chi connectivity index (χ3v) is 5.00. The monoisotopic (exact) mass is 379 g/mol. The smallest absolute Gasteiger partial charge is 0.323 e. The number of anilines is 2. The van der Waals surface area contributed by atoms with Crippen LogP contribution < -0.4 is 10.2 Å². The molecule has 2 fully saturated rings. The lowest BCUT2D eigenvalue weighted by atomic mass is 10.0. The molecule has 3 heterocycles. The molecule has 1 aromatic carbocycles. The van der Waals surface area contributed by atoms with Gasteiger partial charge in [0, 0.05) is 39.1 Å². The molecule has 0 saturated carbocycles. The summed E-state index contributed by atoms with van der Waals surface area (Å²) in [5, 5.41) is 31.2. The quantitative estimate of drug-likeness (QED) is 0.429. The first-order valence-corrected chi connectivity index (χ1v) is 8.95. The van der Waals surface area contributed by atoms with Crippen molar-refractivity contribution in [3.8, 4) is 0 Å². The van der Waals surface area contributed by atoms with E-state index in [1.54, 1.807) is 6.07 Å². The lowest BCUT2D eigenvalue weighted by Crippen LogP contribution is -2.45. The van der Waals surface area contributed by atoms with Crippen LogP contribution in [0.1, 0.15) is 19.3 Å². The molecule has 2 aromatic rings. The predicted molar refractivity (Wildman–Crippen MR) is 94.7 cm³/mol. The highest BCUT2D eigenvalue weighted by molar-refractivity contribution is 5.99. The van der Waals surface area contributed by atoms with E-state index in [0.29, 0.717) is 63.3 Å². The number of nitrogens with one attached hydrogen (secondary N) is 1. The Kier molecular flexibility index (Phi) is 4.81. The van der Waals surface area contributed by atoms with Crippen LogP contribution in [0.3, 0.4) is 0 Å². The Morgan fingerprint density at radius 1 is 1.26 bits per heavy atom. The van der Waals surface area contributed by atoms with E-state index in [4.69, 9.17) is 19.2 Å². The summed E-state index contributed by atoms with van der Waals surface area (Å²) in [5.41, 5.74) is 1.34. The number of hydrogen-bond donors (Lipinski definition) is 2. The molecular weight excluding hydrogens is 358 g/mol. The molecule has 0 aliphatic carbocycles. The number of piperidine rings is 1. The van der Waals surface area contributed by atoms with E-state index < -0.39 is 10.7 Å². The van der Waals surface area contributed by atoms with Gasteiger partial charge >= 0.3 is 5.69 Å². The van der Waals surface area contributed by atoms with Gasteiger partial charge in [-0.1, -0.05) is 0 Å². The summed E-state index contributed by atoms with van der Waals surface area (Å²) in [6, 6.07) is 1.70. The number of rotatable bonds is 6. The van der Waals surface area contributed by atoms with Crippen LogP contribution in [-0.2, 0) is 9.47 Å². The molecule has 2 N–H and O–H groups in total. The number of hydrogen-bond acceptors (Lipinski definition) is 10. The van der Waals surface area contributed by atoms with Gasteiger partial charge in [-0.05, 0) is 22.8 Å². The largest absolute Gasteiger partial charge is 0.396 e. The molecule has 0 radical (unpaired) electrons. The van der Waals surface area contributed by atoms with Gasteiger partial charge in [-0.15, -0.1) is 0 Å². The molecule has 146 valence electrons. The second kappa shape index (κ2) is 7.25. The first-order valence-electron chi connectivity index (χ1n) is 8.95. The SMILES string of the molecule is O=[N+]([O-])c1c(NCCCO)cc(N2CCC3(CC2)OCCO3)c2nonc12. The summed E-state index contributed by atoms with van der Waals surface area (Å²) in [4.78, 5) is 13.2. The average Bonchev–Trinajstić information content (AvgIpc) is 3.31. The average molecular weight is 379 g/mol. The van der Waals surface area contributed by atoms with E-state index in [2.05, 4.69) is 20.5 Å². The van der Waals surface area contributed by atoms with Gasteiger partial charge in [-0.3, -0.25) is 10.1 Å². The number of fused-ring (bicyclic) bond motifs is 1. The third-order valence-electron chi connectivity index (χ3n) is 5.00. The van der Waals surface area contributed by atoms with Crippen molar-refractivity contribution in [2.45, 2.75) is 25.0 Å². The molecule has 4 rings (SSSR count). The summed E-state index contributed by atoms with van der Waals surface area (Å²) in [6.45, 7) is 2.93. The molecule has 0 bridgehead atoms. The Labute approximate surface area is 154 Å². The van der Waals surface area contributed by atoms with Crippen LogP contribution in [0, 0.1) is 10.1 Å². The molecule has 1 spiro atoms. The Balaban J connectivity index is 1.67. The van der Waals surface area contributed by atoms with E-state index in [-0.39, 0.29) is 17.8 Å². The number of nitro benzene ring substituents is 1. The molecule has 11 heteroatoms. The summed E-state index contributed by atoms with van der Waals surface area (Å²) in [6.07, 6.45) is 1.87. The molecule has 0 unspecified atom stereocenters. The minimum atomic E-state index is -0.513. The number of aromatic nitrogens is 2. The summed E-state index contributed by atoms with van der Waals surface area (Å²) in [5.74, 6) is -0.513.